The molecule has 2 N–H and O–H groups in total. The van der Waals surface area contributed by atoms with Crippen LogP contribution in [0.4, 0.5) is 0 Å². The van der Waals surface area contributed by atoms with E-state index in [2.05, 4.69) is 0 Å². The Bertz CT molecular complexity index is 204. The maximum atomic E-state index is 10.8. The molecule has 3 nitrogen and oxygen atoms in total. The molecule has 1 saturated carbocycles. The second-order valence-electron chi connectivity index (χ2n) is 4.29. The molecule has 1 rings (SSSR count). The molecule has 0 spiro atoms. The Morgan fingerprint density at radius 1 is 1.07 bits per heavy atom. The van der Waals surface area contributed by atoms with Gasteiger partial charge in [0.2, 0.25) is 0 Å². The van der Waals surface area contributed by atoms with Crippen LogP contribution in [-0.2, 0) is 4.79 Å². The molecule has 1 aliphatic rings. The standard InChI is InChI=1S/C12H21NO2/c14-12(13-15)10-9-11-7-5-3-1-2-4-6-8-11/h9-11,15H,1-8H2,(H,13,14)/b10-9+. The van der Waals surface area contributed by atoms with Gasteiger partial charge in [-0.05, 0) is 18.8 Å². The minimum Gasteiger partial charge on any atom is -0.288 e. The summed E-state index contributed by atoms with van der Waals surface area (Å²) in [5, 5.41) is 8.36. The van der Waals surface area contributed by atoms with Gasteiger partial charge in [0, 0.05) is 6.08 Å². The molecule has 0 bridgehead atoms. The molecule has 0 unspecified atom stereocenters. The van der Waals surface area contributed by atoms with Crippen molar-refractivity contribution in [3.63, 3.8) is 0 Å². The molecule has 0 saturated heterocycles. The van der Waals surface area contributed by atoms with E-state index in [0.717, 1.165) is 0 Å². The van der Waals surface area contributed by atoms with Crippen molar-refractivity contribution in [1.82, 2.24) is 5.48 Å². The Hall–Kier alpha value is -0.830. The number of carbonyl (C=O) groups is 1. The van der Waals surface area contributed by atoms with Crippen molar-refractivity contribution in [2.45, 2.75) is 51.4 Å². The summed E-state index contributed by atoms with van der Waals surface area (Å²) in [4.78, 5) is 10.8. The minimum atomic E-state index is -0.421. The molecule has 0 aliphatic heterocycles. The number of amides is 1. The van der Waals surface area contributed by atoms with Crippen molar-refractivity contribution in [2.75, 3.05) is 0 Å². The first-order valence-electron chi connectivity index (χ1n) is 5.95. The SMILES string of the molecule is O=C(/C=C/C1CCCCCCCC1)NO. The third-order valence-corrected chi connectivity index (χ3v) is 3.03. The van der Waals surface area contributed by atoms with Crippen molar-refractivity contribution in [3.05, 3.63) is 12.2 Å². The number of rotatable bonds is 2. The normalized spacial score (nSPS) is 20.6. The number of hydroxylamine groups is 1. The number of allylic oxidation sites excluding steroid dienone is 1. The number of carbonyl (C=O) groups excluding carboxylic acids is 1. The summed E-state index contributed by atoms with van der Waals surface area (Å²) in [5.41, 5.74) is 1.62. The lowest BCUT2D eigenvalue weighted by Gasteiger charge is -2.09. The fraction of sp³-hybridized carbons (Fsp3) is 0.750. The molecule has 0 aromatic carbocycles. The topological polar surface area (TPSA) is 49.3 Å². The van der Waals surface area contributed by atoms with Crippen LogP contribution >= 0.6 is 0 Å². The highest BCUT2D eigenvalue weighted by Gasteiger charge is 2.07. The molecular formula is C12H21NO2. The highest BCUT2D eigenvalue weighted by molar-refractivity contribution is 5.86. The third-order valence-electron chi connectivity index (χ3n) is 3.03. The maximum absolute atomic E-state index is 10.8. The van der Waals surface area contributed by atoms with Crippen LogP contribution in [0.15, 0.2) is 12.2 Å². The molecule has 3 heteroatoms. The van der Waals surface area contributed by atoms with Gasteiger partial charge in [-0.2, -0.15) is 0 Å². The summed E-state index contributed by atoms with van der Waals surface area (Å²) in [6, 6.07) is 0. The Morgan fingerprint density at radius 3 is 2.13 bits per heavy atom. The van der Waals surface area contributed by atoms with Gasteiger partial charge in [0.1, 0.15) is 0 Å². The van der Waals surface area contributed by atoms with E-state index in [9.17, 15) is 4.79 Å². The van der Waals surface area contributed by atoms with Crippen LogP contribution in [0.1, 0.15) is 51.4 Å². The highest BCUT2D eigenvalue weighted by atomic mass is 16.5. The number of nitrogens with one attached hydrogen (secondary N) is 1. The molecule has 0 atom stereocenters. The van der Waals surface area contributed by atoms with Crippen LogP contribution in [0.2, 0.25) is 0 Å². The van der Waals surface area contributed by atoms with Crippen LogP contribution in [0, 0.1) is 5.92 Å². The predicted molar refractivity (Wildman–Crippen MR) is 59.5 cm³/mol. The highest BCUT2D eigenvalue weighted by Crippen LogP contribution is 2.22. The van der Waals surface area contributed by atoms with E-state index < -0.39 is 5.91 Å². The monoisotopic (exact) mass is 211 g/mol. The predicted octanol–water partition coefficient (Wildman–Crippen LogP) is 2.80. The lowest BCUT2D eigenvalue weighted by atomic mass is 9.96. The van der Waals surface area contributed by atoms with Crippen molar-refractivity contribution in [2.24, 2.45) is 5.92 Å². The summed E-state index contributed by atoms with van der Waals surface area (Å²) in [7, 11) is 0. The first-order chi connectivity index (χ1) is 7.33. The Balaban J connectivity index is 2.36. The summed E-state index contributed by atoms with van der Waals surface area (Å²) < 4.78 is 0. The molecule has 0 radical (unpaired) electrons. The number of hydrogen-bond acceptors (Lipinski definition) is 2. The molecule has 1 amide bonds. The first kappa shape index (κ1) is 12.2. The second-order valence-corrected chi connectivity index (χ2v) is 4.29. The molecule has 15 heavy (non-hydrogen) atoms. The molecular weight excluding hydrogens is 190 g/mol. The fourth-order valence-corrected chi connectivity index (χ4v) is 2.12. The van der Waals surface area contributed by atoms with Crippen molar-refractivity contribution >= 4 is 5.91 Å². The minimum absolute atomic E-state index is 0.421. The maximum Gasteiger partial charge on any atom is 0.267 e. The smallest absolute Gasteiger partial charge is 0.267 e. The molecule has 0 aromatic rings. The van der Waals surface area contributed by atoms with E-state index in [-0.39, 0.29) is 0 Å². The van der Waals surface area contributed by atoms with Gasteiger partial charge in [-0.1, -0.05) is 44.6 Å². The molecule has 0 aromatic heterocycles. The largest absolute Gasteiger partial charge is 0.288 e. The summed E-state index contributed by atoms with van der Waals surface area (Å²) in [6.07, 6.45) is 13.6. The summed E-state index contributed by atoms with van der Waals surface area (Å²) in [6.45, 7) is 0. The lowest BCUT2D eigenvalue weighted by molar-refractivity contribution is -0.124. The van der Waals surface area contributed by atoms with Crippen molar-refractivity contribution < 1.29 is 10.0 Å². The van der Waals surface area contributed by atoms with Crippen LogP contribution in [0.25, 0.3) is 0 Å². The average Bonchev–Trinajstić information content (AvgIpc) is 2.39. The Kier molecular flexibility index (Phi) is 6.09. The molecule has 1 fully saturated rings. The zero-order valence-electron chi connectivity index (χ0n) is 9.24. The van der Waals surface area contributed by atoms with E-state index in [4.69, 9.17) is 5.21 Å². The number of hydrogen-bond donors (Lipinski definition) is 2. The summed E-state index contributed by atoms with van der Waals surface area (Å²) >= 11 is 0. The van der Waals surface area contributed by atoms with Crippen LogP contribution < -0.4 is 5.48 Å². The van der Waals surface area contributed by atoms with Gasteiger partial charge in [-0.3, -0.25) is 10.0 Å². The van der Waals surface area contributed by atoms with E-state index in [1.165, 1.54) is 57.4 Å². The van der Waals surface area contributed by atoms with Gasteiger partial charge in [0.05, 0.1) is 0 Å². The first-order valence-corrected chi connectivity index (χ1v) is 5.95. The average molecular weight is 211 g/mol. The van der Waals surface area contributed by atoms with Crippen molar-refractivity contribution in [3.8, 4) is 0 Å². The van der Waals surface area contributed by atoms with Crippen molar-refractivity contribution in [1.29, 1.82) is 0 Å². The molecule has 86 valence electrons. The van der Waals surface area contributed by atoms with E-state index >= 15 is 0 Å². The van der Waals surface area contributed by atoms with Gasteiger partial charge in [0.15, 0.2) is 0 Å². The van der Waals surface area contributed by atoms with E-state index in [1.54, 1.807) is 5.48 Å². The van der Waals surface area contributed by atoms with Crippen LogP contribution in [0.5, 0.6) is 0 Å². The van der Waals surface area contributed by atoms with Crippen LogP contribution in [0.3, 0.4) is 0 Å². The second kappa shape index (κ2) is 7.46. The molecule has 1 aliphatic carbocycles. The van der Waals surface area contributed by atoms with Gasteiger partial charge < -0.3 is 0 Å². The fourth-order valence-electron chi connectivity index (χ4n) is 2.12. The third kappa shape index (κ3) is 5.57. The van der Waals surface area contributed by atoms with Gasteiger partial charge in [-0.15, -0.1) is 0 Å². The van der Waals surface area contributed by atoms with E-state index in [0.29, 0.717) is 5.92 Å². The summed E-state index contributed by atoms with van der Waals surface area (Å²) in [5.74, 6) is 0.0928. The zero-order chi connectivity index (χ0) is 10.9. The Morgan fingerprint density at radius 2 is 1.60 bits per heavy atom. The Labute approximate surface area is 91.5 Å². The van der Waals surface area contributed by atoms with Gasteiger partial charge in [-0.25, -0.2) is 5.48 Å². The van der Waals surface area contributed by atoms with Gasteiger partial charge >= 0.3 is 0 Å². The molecule has 0 heterocycles. The quantitative estimate of drug-likeness (QED) is 0.419. The lowest BCUT2D eigenvalue weighted by Crippen LogP contribution is -2.15. The zero-order valence-corrected chi connectivity index (χ0v) is 9.24. The van der Waals surface area contributed by atoms with Gasteiger partial charge in [0.25, 0.3) is 5.91 Å². The van der Waals surface area contributed by atoms with Crippen LogP contribution in [-0.4, -0.2) is 11.1 Å². The van der Waals surface area contributed by atoms with E-state index in [1.807, 2.05) is 6.08 Å².